The van der Waals surface area contributed by atoms with Crippen LogP contribution in [0.1, 0.15) is 42.9 Å². The summed E-state index contributed by atoms with van der Waals surface area (Å²) < 4.78 is 2.01. The van der Waals surface area contributed by atoms with Crippen molar-refractivity contribution in [3.8, 4) is 0 Å². The molecule has 4 heteroatoms. The lowest BCUT2D eigenvalue weighted by Crippen LogP contribution is -2.32. The average Bonchev–Trinajstić information content (AvgIpc) is 2.67. The first-order valence-electron chi connectivity index (χ1n) is 5.43. The van der Waals surface area contributed by atoms with E-state index in [1.807, 2.05) is 23.6 Å². The number of hydrogen-bond donors (Lipinski definition) is 2. The second-order valence-electron chi connectivity index (χ2n) is 3.53. The van der Waals surface area contributed by atoms with Crippen LogP contribution in [-0.4, -0.2) is 10.5 Å². The van der Waals surface area contributed by atoms with Gasteiger partial charge in [0.15, 0.2) is 0 Å². The van der Waals surface area contributed by atoms with E-state index >= 15 is 0 Å². The fourth-order valence-electron chi connectivity index (χ4n) is 1.73. The summed E-state index contributed by atoms with van der Waals surface area (Å²) in [6.45, 7) is 4.99. The Morgan fingerprint density at radius 1 is 1.47 bits per heavy atom. The first-order valence-corrected chi connectivity index (χ1v) is 5.43. The second kappa shape index (κ2) is 5.56. The molecule has 3 N–H and O–H groups in total. The fourth-order valence-corrected chi connectivity index (χ4v) is 1.73. The van der Waals surface area contributed by atoms with Crippen LogP contribution in [0.4, 0.5) is 0 Å². The Kier molecular flexibility index (Phi) is 4.37. The molecule has 1 amide bonds. The number of aromatic nitrogens is 1. The Morgan fingerprint density at radius 3 is 2.73 bits per heavy atom. The summed E-state index contributed by atoms with van der Waals surface area (Å²) in [5.74, 6) is 4.90. The van der Waals surface area contributed by atoms with E-state index in [4.69, 9.17) is 5.84 Å². The molecule has 15 heavy (non-hydrogen) atoms. The number of amides is 1. The van der Waals surface area contributed by atoms with Crippen molar-refractivity contribution in [1.82, 2.24) is 9.99 Å². The molecule has 0 saturated heterocycles. The van der Waals surface area contributed by atoms with Crippen molar-refractivity contribution in [2.24, 2.45) is 5.84 Å². The number of carbonyl (C=O) groups is 1. The zero-order valence-corrected chi connectivity index (χ0v) is 9.42. The minimum Gasteiger partial charge on any atom is -0.341 e. The largest absolute Gasteiger partial charge is 0.341 e. The van der Waals surface area contributed by atoms with E-state index in [9.17, 15) is 4.79 Å². The van der Waals surface area contributed by atoms with Crippen LogP contribution in [0.5, 0.6) is 0 Å². The van der Waals surface area contributed by atoms with Crippen LogP contribution in [0.2, 0.25) is 0 Å². The van der Waals surface area contributed by atoms with Gasteiger partial charge in [0.25, 0.3) is 5.91 Å². The average molecular weight is 209 g/mol. The number of carbonyl (C=O) groups excluding carboxylic acids is 1. The number of unbranched alkanes of at least 4 members (excludes halogenated alkanes) is 1. The van der Waals surface area contributed by atoms with Crippen LogP contribution in [0.25, 0.3) is 0 Å². The molecular formula is C11H19N3O. The predicted molar refractivity (Wildman–Crippen MR) is 60.4 cm³/mol. The third-order valence-electron chi connectivity index (χ3n) is 2.54. The smallest absolute Gasteiger partial charge is 0.281 e. The van der Waals surface area contributed by atoms with E-state index in [0.717, 1.165) is 25.8 Å². The zero-order chi connectivity index (χ0) is 11.3. The molecule has 1 aromatic heterocycles. The molecule has 0 aliphatic heterocycles. The van der Waals surface area contributed by atoms with Gasteiger partial charge in [-0.15, -0.1) is 0 Å². The normalized spacial score (nSPS) is 10.3. The van der Waals surface area contributed by atoms with Gasteiger partial charge in [-0.25, -0.2) is 5.84 Å². The molecule has 0 radical (unpaired) electrons. The fraction of sp³-hybridized carbons (Fsp3) is 0.545. The molecule has 0 unspecified atom stereocenters. The van der Waals surface area contributed by atoms with Gasteiger partial charge in [0, 0.05) is 12.2 Å². The van der Waals surface area contributed by atoms with Gasteiger partial charge in [0.05, 0.1) is 0 Å². The molecule has 0 saturated carbocycles. The number of hydrazine groups is 1. The molecule has 0 aromatic carbocycles. The molecule has 0 fully saturated rings. The first kappa shape index (κ1) is 11.8. The highest BCUT2D eigenvalue weighted by molar-refractivity contribution is 5.92. The number of rotatable bonds is 5. The third-order valence-corrected chi connectivity index (χ3v) is 2.54. The predicted octanol–water partition coefficient (Wildman–Crippen LogP) is 1.45. The monoisotopic (exact) mass is 209 g/mol. The van der Waals surface area contributed by atoms with E-state index in [0.29, 0.717) is 5.69 Å². The maximum atomic E-state index is 11.4. The molecule has 1 rings (SSSR count). The molecule has 1 aromatic rings. The third kappa shape index (κ3) is 2.59. The van der Waals surface area contributed by atoms with Crippen molar-refractivity contribution in [3.63, 3.8) is 0 Å². The number of aryl methyl sites for hydroxylation is 1. The molecule has 0 bridgehead atoms. The lowest BCUT2D eigenvalue weighted by molar-refractivity contribution is 0.0944. The van der Waals surface area contributed by atoms with E-state index < -0.39 is 0 Å². The van der Waals surface area contributed by atoms with Crippen LogP contribution >= 0.6 is 0 Å². The summed E-state index contributed by atoms with van der Waals surface area (Å²) in [4.78, 5) is 11.4. The molecule has 4 nitrogen and oxygen atoms in total. The first-order chi connectivity index (χ1) is 7.24. The Bertz CT molecular complexity index is 331. The highest BCUT2D eigenvalue weighted by Crippen LogP contribution is 2.12. The van der Waals surface area contributed by atoms with Crippen molar-refractivity contribution in [1.29, 1.82) is 0 Å². The maximum absolute atomic E-state index is 11.4. The Labute approximate surface area is 90.4 Å². The molecule has 0 atom stereocenters. The minimum atomic E-state index is -0.223. The van der Waals surface area contributed by atoms with E-state index in [1.54, 1.807) is 0 Å². The van der Waals surface area contributed by atoms with Crippen molar-refractivity contribution < 1.29 is 4.79 Å². The van der Waals surface area contributed by atoms with Crippen LogP contribution in [0, 0.1) is 0 Å². The Morgan fingerprint density at radius 2 is 2.20 bits per heavy atom. The van der Waals surface area contributed by atoms with Gasteiger partial charge >= 0.3 is 0 Å². The van der Waals surface area contributed by atoms with Gasteiger partial charge in [-0.2, -0.15) is 0 Å². The zero-order valence-electron chi connectivity index (χ0n) is 9.42. The maximum Gasteiger partial charge on any atom is 0.281 e. The highest BCUT2D eigenvalue weighted by Gasteiger charge is 2.12. The van der Waals surface area contributed by atoms with E-state index in [-0.39, 0.29) is 5.91 Å². The van der Waals surface area contributed by atoms with Crippen LogP contribution in [0.3, 0.4) is 0 Å². The van der Waals surface area contributed by atoms with Gasteiger partial charge in [0.1, 0.15) is 5.69 Å². The standard InChI is InChI=1S/C11H19N3O/c1-3-5-6-9-7-8-10(11(15)13-12)14(9)4-2/h7-8H,3-6,12H2,1-2H3,(H,13,15). The molecule has 84 valence electrons. The topological polar surface area (TPSA) is 60.1 Å². The minimum absolute atomic E-state index is 0.223. The van der Waals surface area contributed by atoms with Gasteiger partial charge in [0.2, 0.25) is 0 Å². The van der Waals surface area contributed by atoms with Gasteiger partial charge in [-0.1, -0.05) is 13.3 Å². The number of nitrogens with zero attached hydrogens (tertiary/aromatic N) is 1. The lowest BCUT2D eigenvalue weighted by Gasteiger charge is -2.09. The second-order valence-corrected chi connectivity index (χ2v) is 3.53. The van der Waals surface area contributed by atoms with Crippen molar-refractivity contribution in [2.75, 3.05) is 0 Å². The van der Waals surface area contributed by atoms with Crippen LogP contribution in [0.15, 0.2) is 12.1 Å². The van der Waals surface area contributed by atoms with Crippen molar-refractivity contribution >= 4 is 5.91 Å². The number of hydrogen-bond acceptors (Lipinski definition) is 2. The molecule has 0 aliphatic carbocycles. The summed E-state index contributed by atoms with van der Waals surface area (Å²) in [6, 6.07) is 3.83. The Balaban J connectivity index is 2.90. The summed E-state index contributed by atoms with van der Waals surface area (Å²) in [5.41, 5.74) is 4.02. The van der Waals surface area contributed by atoms with Crippen molar-refractivity contribution in [2.45, 2.75) is 39.7 Å². The number of nitrogens with two attached hydrogens (primary N) is 1. The summed E-state index contributed by atoms with van der Waals surface area (Å²) in [7, 11) is 0. The van der Waals surface area contributed by atoms with E-state index in [2.05, 4.69) is 12.3 Å². The molecular weight excluding hydrogens is 190 g/mol. The van der Waals surface area contributed by atoms with E-state index in [1.165, 1.54) is 5.69 Å². The SMILES string of the molecule is CCCCc1ccc(C(=O)NN)n1CC. The number of nitrogen functional groups attached to an aromatic ring is 1. The van der Waals surface area contributed by atoms with Crippen molar-refractivity contribution in [3.05, 3.63) is 23.5 Å². The quantitative estimate of drug-likeness (QED) is 0.438. The molecule has 1 heterocycles. The summed E-state index contributed by atoms with van der Waals surface area (Å²) >= 11 is 0. The summed E-state index contributed by atoms with van der Waals surface area (Å²) in [6.07, 6.45) is 3.32. The van der Waals surface area contributed by atoms with Gasteiger partial charge < -0.3 is 4.57 Å². The Hall–Kier alpha value is -1.29. The summed E-state index contributed by atoms with van der Waals surface area (Å²) in [5, 5.41) is 0. The van der Waals surface area contributed by atoms with Gasteiger partial charge in [-0.05, 0) is 31.9 Å². The van der Waals surface area contributed by atoms with Crippen LogP contribution in [-0.2, 0) is 13.0 Å². The molecule has 0 aliphatic rings. The van der Waals surface area contributed by atoms with Crippen LogP contribution < -0.4 is 11.3 Å². The lowest BCUT2D eigenvalue weighted by atomic mass is 10.2. The van der Waals surface area contributed by atoms with Gasteiger partial charge in [-0.3, -0.25) is 10.2 Å². The highest BCUT2D eigenvalue weighted by atomic mass is 16.2. The molecule has 0 spiro atoms. The number of nitrogens with one attached hydrogen (secondary N) is 1.